The molecular formula is C14H22N4S. The number of pyridine rings is 1. The maximum Gasteiger partial charge on any atom is 0.125 e. The fourth-order valence-electron chi connectivity index (χ4n) is 2.53. The van der Waals surface area contributed by atoms with E-state index < -0.39 is 0 Å². The van der Waals surface area contributed by atoms with Crippen LogP contribution < -0.4 is 11.1 Å². The Morgan fingerprint density at radius 3 is 2.79 bits per heavy atom. The first kappa shape index (κ1) is 14.2. The first-order valence-corrected chi connectivity index (χ1v) is 7.27. The highest BCUT2D eigenvalue weighted by Gasteiger charge is 2.18. The highest BCUT2D eigenvalue weighted by Crippen LogP contribution is 2.21. The lowest BCUT2D eigenvalue weighted by Crippen LogP contribution is -2.33. The summed E-state index contributed by atoms with van der Waals surface area (Å²) in [5.74, 6) is 0.875. The molecule has 0 spiro atoms. The summed E-state index contributed by atoms with van der Waals surface area (Å²) in [6.07, 6.45) is 7.16. The van der Waals surface area contributed by atoms with Crippen LogP contribution in [-0.2, 0) is 0 Å². The predicted molar refractivity (Wildman–Crippen MR) is 83.5 cm³/mol. The van der Waals surface area contributed by atoms with Gasteiger partial charge in [0.05, 0.1) is 0 Å². The summed E-state index contributed by atoms with van der Waals surface area (Å²) in [5.41, 5.74) is 6.35. The number of nitrogens with one attached hydrogen (secondary N) is 1. The van der Waals surface area contributed by atoms with Crippen LogP contribution in [-0.4, -0.2) is 41.1 Å². The molecule has 0 aliphatic heterocycles. The van der Waals surface area contributed by atoms with Gasteiger partial charge in [-0.25, -0.2) is 4.98 Å². The van der Waals surface area contributed by atoms with Crippen LogP contribution in [0, 0.1) is 0 Å². The molecule has 1 aliphatic rings. The summed E-state index contributed by atoms with van der Waals surface area (Å²) in [6.45, 7) is 1.95. The highest BCUT2D eigenvalue weighted by molar-refractivity contribution is 7.80. The summed E-state index contributed by atoms with van der Waals surface area (Å²) < 4.78 is 0. The maximum absolute atomic E-state index is 5.54. The third-order valence-electron chi connectivity index (χ3n) is 3.77. The van der Waals surface area contributed by atoms with E-state index in [1.807, 2.05) is 12.1 Å². The molecule has 0 radical (unpaired) electrons. The van der Waals surface area contributed by atoms with Gasteiger partial charge in [0.25, 0.3) is 0 Å². The molecule has 0 aromatic carbocycles. The Morgan fingerprint density at radius 1 is 1.47 bits per heavy atom. The Bertz CT molecular complexity index is 412. The van der Waals surface area contributed by atoms with E-state index in [1.165, 1.54) is 25.7 Å². The van der Waals surface area contributed by atoms with Gasteiger partial charge in [-0.05, 0) is 32.0 Å². The van der Waals surface area contributed by atoms with Gasteiger partial charge in [0.15, 0.2) is 0 Å². The van der Waals surface area contributed by atoms with Crippen LogP contribution in [0.5, 0.6) is 0 Å². The molecule has 0 saturated heterocycles. The van der Waals surface area contributed by atoms with E-state index >= 15 is 0 Å². The smallest absolute Gasteiger partial charge is 0.125 e. The quantitative estimate of drug-likeness (QED) is 0.780. The summed E-state index contributed by atoms with van der Waals surface area (Å²) in [6, 6.07) is 4.59. The highest BCUT2D eigenvalue weighted by atomic mass is 32.1. The van der Waals surface area contributed by atoms with Gasteiger partial charge in [-0.15, -0.1) is 0 Å². The van der Waals surface area contributed by atoms with Gasteiger partial charge < -0.3 is 16.0 Å². The van der Waals surface area contributed by atoms with Crippen molar-refractivity contribution in [2.45, 2.75) is 31.7 Å². The molecule has 0 amide bonds. The van der Waals surface area contributed by atoms with Crippen molar-refractivity contribution >= 4 is 23.0 Å². The zero-order valence-corrected chi connectivity index (χ0v) is 12.2. The first-order chi connectivity index (χ1) is 9.16. The lowest BCUT2D eigenvalue weighted by Gasteiger charge is -2.24. The second-order valence-corrected chi connectivity index (χ2v) is 5.58. The molecule has 0 atom stereocenters. The number of hydrogen-bond acceptors (Lipinski definition) is 4. The van der Waals surface area contributed by atoms with Gasteiger partial charge in [0.2, 0.25) is 0 Å². The van der Waals surface area contributed by atoms with E-state index in [1.54, 1.807) is 6.20 Å². The SMILES string of the molecule is CN(CCNc1ccc(C(N)=S)cn1)C1CCCC1. The van der Waals surface area contributed by atoms with Crippen LogP contribution in [0.15, 0.2) is 18.3 Å². The molecule has 0 bridgehead atoms. The molecule has 1 heterocycles. The molecule has 1 aromatic heterocycles. The average Bonchev–Trinajstić information content (AvgIpc) is 2.93. The zero-order valence-electron chi connectivity index (χ0n) is 11.4. The molecule has 1 fully saturated rings. The summed E-state index contributed by atoms with van der Waals surface area (Å²) >= 11 is 4.90. The van der Waals surface area contributed by atoms with E-state index in [0.717, 1.165) is 30.5 Å². The van der Waals surface area contributed by atoms with Crippen LogP contribution >= 0.6 is 12.2 Å². The molecule has 19 heavy (non-hydrogen) atoms. The van der Waals surface area contributed by atoms with Crippen LogP contribution in [0.4, 0.5) is 5.82 Å². The van der Waals surface area contributed by atoms with Gasteiger partial charge in [0.1, 0.15) is 10.8 Å². The Labute approximate surface area is 120 Å². The molecule has 0 unspecified atom stereocenters. The first-order valence-electron chi connectivity index (χ1n) is 6.87. The topological polar surface area (TPSA) is 54.2 Å². The third-order valence-corrected chi connectivity index (χ3v) is 4.00. The fraction of sp³-hybridized carbons (Fsp3) is 0.571. The number of thiocarbonyl (C=S) groups is 1. The van der Waals surface area contributed by atoms with Crippen LogP contribution in [0.2, 0.25) is 0 Å². The maximum atomic E-state index is 5.54. The number of nitrogens with two attached hydrogens (primary N) is 1. The van der Waals surface area contributed by atoms with Crippen LogP contribution in [0.1, 0.15) is 31.2 Å². The molecule has 3 N–H and O–H groups in total. The van der Waals surface area contributed by atoms with Gasteiger partial charge in [0, 0.05) is 30.9 Å². The van der Waals surface area contributed by atoms with Gasteiger partial charge in [-0.3, -0.25) is 0 Å². The van der Waals surface area contributed by atoms with Gasteiger partial charge >= 0.3 is 0 Å². The molecular weight excluding hydrogens is 256 g/mol. The monoisotopic (exact) mass is 278 g/mol. The molecule has 104 valence electrons. The van der Waals surface area contributed by atoms with Crippen molar-refractivity contribution in [3.63, 3.8) is 0 Å². The molecule has 1 saturated carbocycles. The molecule has 5 heteroatoms. The summed E-state index contributed by atoms with van der Waals surface area (Å²) in [4.78, 5) is 7.13. The number of anilines is 1. The molecule has 4 nitrogen and oxygen atoms in total. The second kappa shape index (κ2) is 6.82. The van der Waals surface area contributed by atoms with Crippen molar-refractivity contribution in [1.82, 2.24) is 9.88 Å². The van der Waals surface area contributed by atoms with Crippen LogP contribution in [0.3, 0.4) is 0 Å². The summed E-state index contributed by atoms with van der Waals surface area (Å²) in [5, 5.41) is 3.33. The van der Waals surface area contributed by atoms with E-state index in [0.29, 0.717) is 4.99 Å². The zero-order chi connectivity index (χ0) is 13.7. The van der Waals surface area contributed by atoms with E-state index in [4.69, 9.17) is 18.0 Å². The number of hydrogen-bond donors (Lipinski definition) is 2. The molecule has 1 aromatic rings. The van der Waals surface area contributed by atoms with Gasteiger partial charge in [-0.1, -0.05) is 25.1 Å². The fourth-order valence-corrected chi connectivity index (χ4v) is 2.65. The van der Waals surface area contributed by atoms with Gasteiger partial charge in [-0.2, -0.15) is 0 Å². The number of rotatable bonds is 6. The minimum atomic E-state index is 0.389. The summed E-state index contributed by atoms with van der Waals surface area (Å²) in [7, 11) is 2.21. The Kier molecular flexibility index (Phi) is 5.10. The molecule has 2 rings (SSSR count). The van der Waals surface area contributed by atoms with Crippen molar-refractivity contribution in [2.75, 3.05) is 25.5 Å². The lowest BCUT2D eigenvalue weighted by molar-refractivity contribution is 0.254. The minimum absolute atomic E-state index is 0.389. The normalized spacial score (nSPS) is 15.9. The number of likely N-dealkylation sites (N-methyl/N-ethyl adjacent to an activating group) is 1. The standard InChI is InChI=1S/C14H22N4S/c1-18(12-4-2-3-5-12)9-8-16-13-7-6-11(10-17-13)14(15)19/h6-7,10,12H,2-5,8-9H2,1H3,(H2,15,19)(H,16,17). The van der Waals surface area contributed by atoms with Crippen molar-refractivity contribution in [3.05, 3.63) is 23.9 Å². The minimum Gasteiger partial charge on any atom is -0.389 e. The Balaban J connectivity index is 1.74. The van der Waals surface area contributed by atoms with Crippen molar-refractivity contribution in [3.8, 4) is 0 Å². The van der Waals surface area contributed by atoms with E-state index in [-0.39, 0.29) is 0 Å². The number of nitrogens with zero attached hydrogens (tertiary/aromatic N) is 2. The predicted octanol–water partition coefficient (Wildman–Crippen LogP) is 2.00. The largest absolute Gasteiger partial charge is 0.389 e. The average molecular weight is 278 g/mol. The van der Waals surface area contributed by atoms with Crippen molar-refractivity contribution in [2.24, 2.45) is 5.73 Å². The Morgan fingerprint density at radius 2 is 2.21 bits per heavy atom. The van der Waals surface area contributed by atoms with E-state index in [9.17, 15) is 0 Å². The number of aromatic nitrogens is 1. The third kappa shape index (κ3) is 4.14. The van der Waals surface area contributed by atoms with Crippen LogP contribution in [0.25, 0.3) is 0 Å². The Hall–Kier alpha value is -1.20. The van der Waals surface area contributed by atoms with E-state index in [2.05, 4.69) is 22.2 Å². The van der Waals surface area contributed by atoms with Crippen molar-refractivity contribution in [1.29, 1.82) is 0 Å². The molecule has 1 aliphatic carbocycles. The van der Waals surface area contributed by atoms with Crippen molar-refractivity contribution < 1.29 is 0 Å². The second-order valence-electron chi connectivity index (χ2n) is 5.14. The lowest BCUT2D eigenvalue weighted by atomic mass is 10.2.